The summed E-state index contributed by atoms with van der Waals surface area (Å²) in [6, 6.07) is 6.45. The number of nitrogens with one attached hydrogen (secondary N) is 1. The molecule has 0 aliphatic heterocycles. The number of nitrogens with zero attached hydrogens (tertiary/aromatic N) is 1. The molecule has 2 rings (SSSR count). The highest BCUT2D eigenvalue weighted by atomic mass is 35.6. The number of rotatable bonds is 4. The van der Waals surface area contributed by atoms with E-state index in [1.165, 1.54) is 6.07 Å². The number of hydrogen-bond acceptors (Lipinski definition) is 6. The standard InChI is InChI=1S/C13H11Cl3N2O4S2/c1-24(20,21)10-5-3-2-4-8(10)9-6-23-11(17-9)18-12(19)22-7-13(14,15)16/h2-6H,7H2,1H3,(H,17,18,19). The van der Waals surface area contributed by atoms with E-state index in [0.29, 0.717) is 11.3 Å². The van der Waals surface area contributed by atoms with Gasteiger partial charge in [-0.1, -0.05) is 53.0 Å². The Morgan fingerprint density at radius 1 is 1.33 bits per heavy atom. The Hall–Kier alpha value is -1.06. The molecule has 0 radical (unpaired) electrons. The molecule has 0 atom stereocenters. The molecular formula is C13H11Cl3N2O4S2. The predicted octanol–water partition coefficient (Wildman–Crippen LogP) is 4.13. The largest absolute Gasteiger partial charge is 0.445 e. The number of sulfone groups is 1. The van der Waals surface area contributed by atoms with Gasteiger partial charge in [0.05, 0.1) is 10.6 Å². The van der Waals surface area contributed by atoms with Crippen molar-refractivity contribution in [1.29, 1.82) is 0 Å². The number of benzene rings is 1. The van der Waals surface area contributed by atoms with Crippen molar-refractivity contribution in [1.82, 2.24) is 4.98 Å². The quantitative estimate of drug-likeness (QED) is 0.739. The zero-order valence-electron chi connectivity index (χ0n) is 12.1. The van der Waals surface area contributed by atoms with Gasteiger partial charge >= 0.3 is 6.09 Å². The first-order valence-corrected chi connectivity index (χ1v) is 10.2. The van der Waals surface area contributed by atoms with E-state index < -0.39 is 26.3 Å². The molecule has 6 nitrogen and oxygen atoms in total. The lowest BCUT2D eigenvalue weighted by Crippen LogP contribution is -2.21. The van der Waals surface area contributed by atoms with Crippen LogP contribution >= 0.6 is 46.1 Å². The molecule has 11 heteroatoms. The van der Waals surface area contributed by atoms with Crippen LogP contribution in [-0.2, 0) is 14.6 Å². The monoisotopic (exact) mass is 428 g/mol. The zero-order chi connectivity index (χ0) is 18.0. The Bertz CT molecular complexity index is 847. The van der Waals surface area contributed by atoms with Crippen LogP contribution in [-0.4, -0.2) is 36.2 Å². The topological polar surface area (TPSA) is 85.4 Å². The van der Waals surface area contributed by atoms with Crippen molar-refractivity contribution in [3.63, 3.8) is 0 Å². The minimum absolute atomic E-state index is 0.153. The van der Waals surface area contributed by atoms with Crippen molar-refractivity contribution in [2.45, 2.75) is 8.69 Å². The Morgan fingerprint density at radius 2 is 2.00 bits per heavy atom. The molecule has 0 unspecified atom stereocenters. The van der Waals surface area contributed by atoms with Crippen LogP contribution in [0.3, 0.4) is 0 Å². The van der Waals surface area contributed by atoms with Crippen LogP contribution in [0, 0.1) is 0 Å². The van der Waals surface area contributed by atoms with Gasteiger partial charge in [0.15, 0.2) is 15.0 Å². The highest BCUT2D eigenvalue weighted by Crippen LogP contribution is 2.30. The third kappa shape index (κ3) is 5.49. The number of anilines is 1. The Kier molecular flexibility index (Phi) is 5.98. The maximum atomic E-state index is 11.8. The fraction of sp³-hybridized carbons (Fsp3) is 0.231. The van der Waals surface area contributed by atoms with E-state index in [-0.39, 0.29) is 10.0 Å². The highest BCUT2D eigenvalue weighted by molar-refractivity contribution is 7.90. The number of halogens is 3. The number of amides is 1. The lowest BCUT2D eigenvalue weighted by atomic mass is 10.2. The summed E-state index contributed by atoms with van der Waals surface area (Å²) in [7, 11) is -3.41. The van der Waals surface area contributed by atoms with Crippen LogP contribution in [0.15, 0.2) is 34.5 Å². The molecule has 0 bridgehead atoms. The Morgan fingerprint density at radius 3 is 2.62 bits per heavy atom. The molecule has 1 heterocycles. The van der Waals surface area contributed by atoms with Gasteiger partial charge in [-0.05, 0) is 6.07 Å². The number of carbonyl (C=O) groups is 1. The molecular weight excluding hydrogens is 419 g/mol. The van der Waals surface area contributed by atoms with Gasteiger partial charge in [0.25, 0.3) is 0 Å². The van der Waals surface area contributed by atoms with E-state index in [9.17, 15) is 13.2 Å². The summed E-state index contributed by atoms with van der Waals surface area (Å²) < 4.78 is 26.7. The summed E-state index contributed by atoms with van der Waals surface area (Å²) >= 11 is 17.5. The van der Waals surface area contributed by atoms with Gasteiger partial charge in [-0.2, -0.15) is 0 Å². The second-order valence-electron chi connectivity index (χ2n) is 4.62. The van der Waals surface area contributed by atoms with E-state index in [0.717, 1.165) is 17.6 Å². The van der Waals surface area contributed by atoms with Crippen LogP contribution in [0.5, 0.6) is 0 Å². The molecule has 0 saturated heterocycles. The second-order valence-corrected chi connectivity index (χ2v) is 9.98. The maximum absolute atomic E-state index is 11.8. The van der Waals surface area contributed by atoms with Crippen LogP contribution in [0.4, 0.5) is 9.93 Å². The minimum atomic E-state index is -3.41. The highest BCUT2D eigenvalue weighted by Gasteiger charge is 2.22. The first kappa shape index (κ1) is 19.3. The van der Waals surface area contributed by atoms with E-state index >= 15 is 0 Å². The van der Waals surface area contributed by atoms with Crippen LogP contribution in [0.25, 0.3) is 11.3 Å². The summed E-state index contributed by atoms with van der Waals surface area (Å²) in [6.07, 6.45) is 0.282. The molecule has 0 aliphatic rings. The Balaban J connectivity index is 2.16. The summed E-state index contributed by atoms with van der Waals surface area (Å²) in [5.74, 6) is 0. The summed E-state index contributed by atoms with van der Waals surface area (Å²) in [4.78, 5) is 15.9. The van der Waals surface area contributed by atoms with E-state index in [1.807, 2.05) is 0 Å². The molecule has 1 N–H and O–H groups in total. The van der Waals surface area contributed by atoms with Crippen molar-refractivity contribution in [2.24, 2.45) is 0 Å². The number of thiazole rings is 1. The zero-order valence-corrected chi connectivity index (χ0v) is 16.0. The molecule has 1 amide bonds. The van der Waals surface area contributed by atoms with Gasteiger partial charge in [-0.3, -0.25) is 5.32 Å². The van der Waals surface area contributed by atoms with E-state index in [1.54, 1.807) is 23.6 Å². The molecule has 24 heavy (non-hydrogen) atoms. The first-order valence-electron chi connectivity index (χ1n) is 6.32. The minimum Gasteiger partial charge on any atom is -0.445 e. The normalized spacial score (nSPS) is 12.0. The smallest absolute Gasteiger partial charge is 0.413 e. The number of aromatic nitrogens is 1. The summed E-state index contributed by atoms with van der Waals surface area (Å²) in [6.45, 7) is -0.418. The van der Waals surface area contributed by atoms with Gasteiger partial charge < -0.3 is 4.74 Å². The number of ether oxygens (including phenoxy) is 1. The van der Waals surface area contributed by atoms with Crippen molar-refractivity contribution in [3.8, 4) is 11.3 Å². The van der Waals surface area contributed by atoms with Gasteiger partial charge in [0, 0.05) is 17.2 Å². The van der Waals surface area contributed by atoms with Crippen molar-refractivity contribution < 1.29 is 17.9 Å². The average Bonchev–Trinajstić information content (AvgIpc) is 2.92. The van der Waals surface area contributed by atoms with Crippen molar-refractivity contribution in [3.05, 3.63) is 29.6 Å². The van der Waals surface area contributed by atoms with Crippen LogP contribution < -0.4 is 5.32 Å². The van der Waals surface area contributed by atoms with Crippen LogP contribution in [0.1, 0.15) is 0 Å². The molecule has 1 aromatic carbocycles. The van der Waals surface area contributed by atoms with Crippen molar-refractivity contribution >= 4 is 67.2 Å². The van der Waals surface area contributed by atoms with E-state index in [2.05, 4.69) is 10.3 Å². The average molecular weight is 430 g/mol. The predicted molar refractivity (Wildman–Crippen MR) is 95.9 cm³/mol. The van der Waals surface area contributed by atoms with Crippen LogP contribution in [0.2, 0.25) is 0 Å². The van der Waals surface area contributed by atoms with E-state index in [4.69, 9.17) is 39.5 Å². The summed E-state index contributed by atoms with van der Waals surface area (Å²) in [5.41, 5.74) is 0.858. The number of carbonyl (C=O) groups excluding carboxylic acids is 1. The molecule has 1 aromatic heterocycles. The van der Waals surface area contributed by atoms with Gasteiger partial charge in [-0.25, -0.2) is 18.2 Å². The maximum Gasteiger partial charge on any atom is 0.413 e. The lowest BCUT2D eigenvalue weighted by Gasteiger charge is -2.10. The fourth-order valence-electron chi connectivity index (χ4n) is 1.73. The molecule has 130 valence electrons. The third-order valence-electron chi connectivity index (χ3n) is 2.64. The summed E-state index contributed by atoms with van der Waals surface area (Å²) in [5, 5.41) is 4.23. The number of alkyl halides is 3. The molecule has 0 spiro atoms. The first-order chi connectivity index (χ1) is 11.1. The number of hydrogen-bond donors (Lipinski definition) is 1. The molecule has 2 aromatic rings. The molecule has 0 saturated carbocycles. The second kappa shape index (κ2) is 7.45. The SMILES string of the molecule is CS(=O)(=O)c1ccccc1-c1csc(NC(=O)OCC(Cl)(Cl)Cl)n1. The van der Waals surface area contributed by atoms with Gasteiger partial charge in [0.2, 0.25) is 3.79 Å². The molecule has 0 aliphatic carbocycles. The lowest BCUT2D eigenvalue weighted by molar-refractivity contribution is 0.164. The molecule has 0 fully saturated rings. The third-order valence-corrected chi connectivity index (χ3v) is 4.88. The Labute approximate surface area is 157 Å². The van der Waals surface area contributed by atoms with Gasteiger partial charge in [-0.15, -0.1) is 11.3 Å². The fourth-order valence-corrected chi connectivity index (χ4v) is 3.48. The van der Waals surface area contributed by atoms with Crippen molar-refractivity contribution in [2.75, 3.05) is 18.2 Å². The van der Waals surface area contributed by atoms with Gasteiger partial charge in [0.1, 0.15) is 6.61 Å².